The summed E-state index contributed by atoms with van der Waals surface area (Å²) < 4.78 is 5.42. The van der Waals surface area contributed by atoms with Crippen molar-refractivity contribution >= 4 is 6.09 Å². The van der Waals surface area contributed by atoms with E-state index in [4.69, 9.17) is 4.74 Å². The van der Waals surface area contributed by atoms with Gasteiger partial charge in [0.15, 0.2) is 0 Å². The number of likely N-dealkylation sites (tertiary alicyclic amines) is 1. The molecule has 0 aromatic heterocycles. The normalized spacial score (nSPS) is 27.9. The van der Waals surface area contributed by atoms with Gasteiger partial charge in [-0.2, -0.15) is 0 Å². The van der Waals surface area contributed by atoms with Crippen LogP contribution in [0, 0.1) is 10.1 Å². The molecule has 1 amide bonds. The number of amides is 1. The van der Waals surface area contributed by atoms with Crippen molar-refractivity contribution in [3.8, 4) is 0 Å². The number of rotatable bonds is 4. The molecule has 8 nitrogen and oxygen atoms in total. The van der Waals surface area contributed by atoms with Gasteiger partial charge in [0.05, 0.1) is 0 Å². The smallest absolute Gasteiger partial charge is 0.407 e. The van der Waals surface area contributed by atoms with E-state index in [2.05, 4.69) is 22.1 Å². The van der Waals surface area contributed by atoms with Crippen LogP contribution in [-0.4, -0.2) is 54.5 Å². The average molecular weight is 301 g/mol. The summed E-state index contributed by atoms with van der Waals surface area (Å²) in [5.41, 5.74) is 0. The van der Waals surface area contributed by atoms with E-state index < -0.39 is 5.09 Å². The maximum absolute atomic E-state index is 11.8. The van der Waals surface area contributed by atoms with Crippen molar-refractivity contribution in [2.24, 2.45) is 0 Å². The molecule has 120 valence electrons. The van der Waals surface area contributed by atoms with Gasteiger partial charge in [-0.15, -0.1) is 10.1 Å². The van der Waals surface area contributed by atoms with Gasteiger partial charge in [0.2, 0.25) is 0 Å². The minimum absolute atomic E-state index is 0.00430. The van der Waals surface area contributed by atoms with Gasteiger partial charge in [0.1, 0.15) is 12.2 Å². The molecule has 8 heteroatoms. The monoisotopic (exact) mass is 301 g/mol. The molecule has 21 heavy (non-hydrogen) atoms. The summed E-state index contributed by atoms with van der Waals surface area (Å²) in [6.45, 7) is 1.89. The first-order valence-electron chi connectivity index (χ1n) is 7.50. The van der Waals surface area contributed by atoms with Crippen molar-refractivity contribution in [2.45, 2.75) is 56.8 Å². The van der Waals surface area contributed by atoms with Crippen molar-refractivity contribution < 1.29 is 19.5 Å². The summed E-state index contributed by atoms with van der Waals surface area (Å²) in [4.78, 5) is 28.9. The summed E-state index contributed by atoms with van der Waals surface area (Å²) in [5.74, 6) is 0. The molecule has 1 heterocycles. The standard InChI is InChI=1S/C13H23N3O5/c1-15-8-6-11(7-9-15)20-13(17)14-10-2-4-12(5-3-10)21-16(18)19/h10-12H,2-9H2,1H3,(H,14,17). The van der Waals surface area contributed by atoms with E-state index in [1.54, 1.807) is 0 Å². The van der Waals surface area contributed by atoms with Crippen molar-refractivity contribution in [1.29, 1.82) is 0 Å². The third-order valence-corrected chi connectivity index (χ3v) is 4.17. The lowest BCUT2D eigenvalue weighted by Gasteiger charge is -2.30. The van der Waals surface area contributed by atoms with Crippen LogP contribution in [-0.2, 0) is 9.57 Å². The second-order valence-corrected chi connectivity index (χ2v) is 5.85. The fraction of sp³-hybridized carbons (Fsp3) is 0.923. The van der Waals surface area contributed by atoms with Gasteiger partial charge in [-0.25, -0.2) is 4.79 Å². The molecular formula is C13H23N3O5. The van der Waals surface area contributed by atoms with E-state index in [0.29, 0.717) is 25.7 Å². The molecule has 1 aliphatic carbocycles. The van der Waals surface area contributed by atoms with E-state index >= 15 is 0 Å². The topological polar surface area (TPSA) is 93.9 Å². The van der Waals surface area contributed by atoms with Crippen molar-refractivity contribution in [3.63, 3.8) is 0 Å². The van der Waals surface area contributed by atoms with E-state index in [9.17, 15) is 14.9 Å². The molecule has 0 spiro atoms. The Labute approximate surface area is 123 Å². The molecule has 1 saturated heterocycles. The maximum Gasteiger partial charge on any atom is 0.407 e. The molecule has 2 fully saturated rings. The van der Waals surface area contributed by atoms with E-state index in [0.717, 1.165) is 25.9 Å². The molecule has 0 atom stereocenters. The number of hydrogen-bond acceptors (Lipinski definition) is 6. The Kier molecular flexibility index (Phi) is 5.60. The Hall–Kier alpha value is -1.57. The Morgan fingerprint density at radius 2 is 1.76 bits per heavy atom. The van der Waals surface area contributed by atoms with E-state index in [-0.39, 0.29) is 24.3 Å². The van der Waals surface area contributed by atoms with Gasteiger partial charge < -0.3 is 19.8 Å². The molecule has 2 rings (SSSR count). The zero-order valence-corrected chi connectivity index (χ0v) is 12.3. The molecule has 2 aliphatic rings. The number of nitrogens with zero attached hydrogens (tertiary/aromatic N) is 2. The number of alkyl carbamates (subject to hydrolysis) is 1. The van der Waals surface area contributed by atoms with Crippen LogP contribution in [0.2, 0.25) is 0 Å². The maximum atomic E-state index is 11.8. The zero-order chi connectivity index (χ0) is 15.2. The summed E-state index contributed by atoms with van der Waals surface area (Å²) >= 11 is 0. The summed E-state index contributed by atoms with van der Waals surface area (Å²) in [6, 6.07) is 0.0235. The summed E-state index contributed by atoms with van der Waals surface area (Å²) in [7, 11) is 2.06. The van der Waals surface area contributed by atoms with Crippen LogP contribution < -0.4 is 5.32 Å². The lowest BCUT2D eigenvalue weighted by Crippen LogP contribution is -2.42. The highest BCUT2D eigenvalue weighted by molar-refractivity contribution is 5.67. The van der Waals surface area contributed by atoms with Crippen LogP contribution in [0.25, 0.3) is 0 Å². The second kappa shape index (κ2) is 7.44. The molecule has 1 N–H and O–H groups in total. The Morgan fingerprint density at radius 3 is 2.33 bits per heavy atom. The number of carbonyl (C=O) groups excluding carboxylic acids is 1. The second-order valence-electron chi connectivity index (χ2n) is 5.85. The van der Waals surface area contributed by atoms with E-state index in [1.807, 2.05) is 0 Å². The van der Waals surface area contributed by atoms with Gasteiger partial charge >= 0.3 is 6.09 Å². The quantitative estimate of drug-likeness (QED) is 0.622. The van der Waals surface area contributed by atoms with Crippen LogP contribution in [0.15, 0.2) is 0 Å². The Bertz CT molecular complexity index is 363. The summed E-state index contributed by atoms with van der Waals surface area (Å²) in [5, 5.41) is 12.4. The van der Waals surface area contributed by atoms with Gasteiger partial charge in [-0.3, -0.25) is 0 Å². The molecule has 1 aliphatic heterocycles. The number of piperidine rings is 1. The fourth-order valence-electron chi connectivity index (χ4n) is 2.89. The van der Waals surface area contributed by atoms with Gasteiger partial charge in [0, 0.05) is 19.1 Å². The van der Waals surface area contributed by atoms with Crippen molar-refractivity contribution in [3.05, 3.63) is 10.1 Å². The molecule has 0 radical (unpaired) electrons. The number of carbonyl (C=O) groups is 1. The van der Waals surface area contributed by atoms with Crippen LogP contribution in [0.4, 0.5) is 4.79 Å². The lowest BCUT2D eigenvalue weighted by atomic mass is 9.93. The van der Waals surface area contributed by atoms with Gasteiger partial charge in [-0.1, -0.05) is 0 Å². The highest BCUT2D eigenvalue weighted by atomic mass is 17.0. The van der Waals surface area contributed by atoms with E-state index in [1.165, 1.54) is 0 Å². The molecular weight excluding hydrogens is 278 g/mol. The molecule has 0 aromatic rings. The SMILES string of the molecule is CN1CCC(OC(=O)NC2CCC(O[N+](=O)[O-])CC2)CC1. The Balaban J connectivity index is 1.64. The Morgan fingerprint density at radius 1 is 1.14 bits per heavy atom. The predicted molar refractivity (Wildman–Crippen MR) is 74.3 cm³/mol. The van der Waals surface area contributed by atoms with Crippen LogP contribution in [0.5, 0.6) is 0 Å². The predicted octanol–water partition coefficient (Wildman–Crippen LogP) is 1.33. The third-order valence-electron chi connectivity index (χ3n) is 4.17. The first-order chi connectivity index (χ1) is 10.0. The van der Waals surface area contributed by atoms with Gasteiger partial charge in [-0.05, 0) is 45.6 Å². The molecule has 0 aromatic carbocycles. The van der Waals surface area contributed by atoms with Crippen LogP contribution in [0.1, 0.15) is 38.5 Å². The summed E-state index contributed by atoms with van der Waals surface area (Å²) in [6.07, 6.45) is 3.55. The first-order valence-corrected chi connectivity index (χ1v) is 7.50. The molecule has 0 bridgehead atoms. The first kappa shape index (κ1) is 15.8. The van der Waals surface area contributed by atoms with Crippen molar-refractivity contribution in [1.82, 2.24) is 10.2 Å². The van der Waals surface area contributed by atoms with Gasteiger partial charge in [0.25, 0.3) is 5.09 Å². The lowest BCUT2D eigenvalue weighted by molar-refractivity contribution is -0.769. The minimum atomic E-state index is -0.743. The molecule has 1 saturated carbocycles. The number of hydrogen-bond donors (Lipinski definition) is 1. The molecule has 0 unspecified atom stereocenters. The van der Waals surface area contributed by atoms with Crippen LogP contribution >= 0.6 is 0 Å². The fourth-order valence-corrected chi connectivity index (χ4v) is 2.89. The van der Waals surface area contributed by atoms with Crippen molar-refractivity contribution in [2.75, 3.05) is 20.1 Å². The highest BCUT2D eigenvalue weighted by Crippen LogP contribution is 2.21. The largest absolute Gasteiger partial charge is 0.446 e. The minimum Gasteiger partial charge on any atom is -0.446 e. The average Bonchev–Trinajstić information content (AvgIpc) is 2.43. The third kappa shape index (κ3) is 5.37. The zero-order valence-electron chi connectivity index (χ0n) is 12.3. The number of nitrogens with one attached hydrogen (secondary N) is 1. The number of ether oxygens (including phenoxy) is 1. The highest BCUT2D eigenvalue weighted by Gasteiger charge is 2.26. The van der Waals surface area contributed by atoms with Crippen LogP contribution in [0.3, 0.4) is 0 Å².